The number of benzene rings is 2. The van der Waals surface area contributed by atoms with Crippen molar-refractivity contribution in [3.8, 4) is 11.8 Å². The summed E-state index contributed by atoms with van der Waals surface area (Å²) < 4.78 is 0. The molecule has 2 heteroatoms. The van der Waals surface area contributed by atoms with Crippen LogP contribution >= 0.6 is 11.3 Å². The van der Waals surface area contributed by atoms with E-state index in [-0.39, 0.29) is 5.78 Å². The zero-order valence-corrected chi connectivity index (χ0v) is 13.2. The molecule has 0 N–H and O–H groups in total. The van der Waals surface area contributed by atoms with Gasteiger partial charge in [-0.1, -0.05) is 66.4 Å². The van der Waals surface area contributed by atoms with Crippen LogP contribution in [-0.4, -0.2) is 5.78 Å². The van der Waals surface area contributed by atoms with Crippen molar-refractivity contribution in [3.05, 3.63) is 99.8 Å². The molecule has 1 heterocycles. The molecule has 0 saturated carbocycles. The Balaban J connectivity index is 1.71. The highest BCUT2D eigenvalue weighted by atomic mass is 32.1. The van der Waals surface area contributed by atoms with Crippen LogP contribution in [0.4, 0.5) is 0 Å². The van der Waals surface area contributed by atoms with Crippen molar-refractivity contribution in [1.29, 1.82) is 0 Å². The van der Waals surface area contributed by atoms with Gasteiger partial charge in [-0.3, -0.25) is 4.79 Å². The maximum absolute atomic E-state index is 12.2. The van der Waals surface area contributed by atoms with Crippen LogP contribution in [-0.2, 0) is 0 Å². The number of carbonyl (C=O) groups is 1. The molecular weight excluding hydrogens is 300 g/mol. The highest BCUT2D eigenvalue weighted by molar-refractivity contribution is 7.14. The number of thiophene rings is 1. The second-order valence-electron chi connectivity index (χ2n) is 4.89. The van der Waals surface area contributed by atoms with E-state index >= 15 is 0 Å². The Bertz CT molecular complexity index is 878. The molecule has 1 nitrogen and oxygen atoms in total. The highest BCUT2D eigenvalue weighted by Gasteiger charge is 2.05. The summed E-state index contributed by atoms with van der Waals surface area (Å²) in [7, 11) is 0. The van der Waals surface area contributed by atoms with Crippen molar-refractivity contribution < 1.29 is 4.79 Å². The molecule has 0 unspecified atom stereocenters. The van der Waals surface area contributed by atoms with Crippen LogP contribution in [0.25, 0.3) is 6.08 Å². The lowest BCUT2D eigenvalue weighted by molar-refractivity contribution is 0.105. The van der Waals surface area contributed by atoms with E-state index in [4.69, 9.17) is 0 Å². The molecule has 3 aromatic rings. The van der Waals surface area contributed by atoms with Crippen molar-refractivity contribution in [2.75, 3.05) is 0 Å². The molecule has 1 aromatic heterocycles. The van der Waals surface area contributed by atoms with Crippen LogP contribution in [0.3, 0.4) is 0 Å². The second kappa shape index (κ2) is 7.40. The van der Waals surface area contributed by atoms with Gasteiger partial charge in [-0.15, -0.1) is 11.3 Å². The lowest BCUT2D eigenvalue weighted by atomic mass is 10.2. The molecular formula is C21H14OS. The van der Waals surface area contributed by atoms with Crippen LogP contribution in [0.1, 0.15) is 25.7 Å². The van der Waals surface area contributed by atoms with Crippen LogP contribution in [0.2, 0.25) is 0 Å². The van der Waals surface area contributed by atoms with E-state index in [1.54, 1.807) is 6.08 Å². The maximum atomic E-state index is 12.2. The molecule has 0 radical (unpaired) electrons. The molecule has 0 spiro atoms. The largest absolute Gasteiger partial charge is 0.288 e. The van der Waals surface area contributed by atoms with E-state index in [2.05, 4.69) is 11.8 Å². The summed E-state index contributed by atoms with van der Waals surface area (Å²) in [5, 5.41) is 0. The molecule has 110 valence electrons. The second-order valence-corrected chi connectivity index (χ2v) is 5.97. The van der Waals surface area contributed by atoms with Gasteiger partial charge in [0.1, 0.15) is 0 Å². The first kappa shape index (κ1) is 15.0. The van der Waals surface area contributed by atoms with Gasteiger partial charge < -0.3 is 0 Å². The summed E-state index contributed by atoms with van der Waals surface area (Å²) >= 11 is 1.42. The van der Waals surface area contributed by atoms with E-state index < -0.39 is 0 Å². The Morgan fingerprint density at radius 3 is 2.26 bits per heavy atom. The quantitative estimate of drug-likeness (QED) is 0.376. The Labute approximate surface area is 139 Å². The normalized spacial score (nSPS) is 10.3. The van der Waals surface area contributed by atoms with Gasteiger partial charge >= 0.3 is 0 Å². The summed E-state index contributed by atoms with van der Waals surface area (Å²) in [6.45, 7) is 0. The van der Waals surface area contributed by atoms with Gasteiger partial charge in [-0.2, -0.15) is 0 Å². The first-order valence-corrected chi connectivity index (χ1v) is 8.07. The fourth-order valence-corrected chi connectivity index (χ4v) is 2.79. The molecule has 0 aliphatic heterocycles. The van der Waals surface area contributed by atoms with E-state index in [0.29, 0.717) is 4.88 Å². The van der Waals surface area contributed by atoms with Crippen LogP contribution in [0.15, 0.2) is 78.9 Å². The average Bonchev–Trinajstić information content (AvgIpc) is 3.09. The summed E-state index contributed by atoms with van der Waals surface area (Å²) in [6, 6.07) is 23.3. The number of allylic oxidation sites excluding steroid dienone is 1. The first-order chi connectivity index (χ1) is 11.3. The third-order valence-electron chi connectivity index (χ3n) is 3.18. The van der Waals surface area contributed by atoms with Gasteiger partial charge in [0.05, 0.1) is 9.75 Å². The standard InChI is InChI=1S/C21H14OS/c22-20(15-12-18-9-5-2-6-10-18)21-16-14-19(23-21)13-11-17-7-3-1-4-8-17/h1-10,12,14-16H. The Morgan fingerprint density at radius 1 is 0.826 bits per heavy atom. The fraction of sp³-hybridized carbons (Fsp3) is 0. The lowest BCUT2D eigenvalue weighted by Gasteiger charge is -1.91. The third kappa shape index (κ3) is 4.29. The van der Waals surface area contributed by atoms with E-state index in [0.717, 1.165) is 16.0 Å². The van der Waals surface area contributed by atoms with Crippen molar-refractivity contribution >= 4 is 23.2 Å². The van der Waals surface area contributed by atoms with Crippen LogP contribution < -0.4 is 0 Å². The summed E-state index contributed by atoms with van der Waals surface area (Å²) in [6.07, 6.45) is 3.44. The molecule has 0 bridgehead atoms. The van der Waals surface area contributed by atoms with Gasteiger partial charge in [0.25, 0.3) is 0 Å². The van der Waals surface area contributed by atoms with Crippen molar-refractivity contribution in [2.24, 2.45) is 0 Å². The number of rotatable bonds is 3. The lowest BCUT2D eigenvalue weighted by Crippen LogP contribution is -1.88. The minimum Gasteiger partial charge on any atom is -0.288 e. The van der Waals surface area contributed by atoms with Crippen LogP contribution in [0.5, 0.6) is 0 Å². The SMILES string of the molecule is O=C(C=Cc1ccccc1)c1ccc(C#Cc2ccccc2)s1. The van der Waals surface area contributed by atoms with Crippen molar-refractivity contribution in [3.63, 3.8) is 0 Å². The smallest absolute Gasteiger partial charge is 0.195 e. The van der Waals surface area contributed by atoms with E-state index in [1.165, 1.54) is 11.3 Å². The Morgan fingerprint density at radius 2 is 1.52 bits per heavy atom. The summed E-state index contributed by atoms with van der Waals surface area (Å²) in [5.41, 5.74) is 1.99. The molecule has 23 heavy (non-hydrogen) atoms. The Hall–Kier alpha value is -2.89. The van der Waals surface area contributed by atoms with Crippen molar-refractivity contribution in [2.45, 2.75) is 0 Å². The van der Waals surface area contributed by atoms with Gasteiger partial charge in [0.2, 0.25) is 0 Å². The van der Waals surface area contributed by atoms with Crippen molar-refractivity contribution in [1.82, 2.24) is 0 Å². The monoisotopic (exact) mass is 314 g/mol. The topological polar surface area (TPSA) is 17.1 Å². The summed E-state index contributed by atoms with van der Waals surface area (Å²) in [5.74, 6) is 6.21. The number of hydrogen-bond donors (Lipinski definition) is 0. The molecule has 0 saturated heterocycles. The zero-order chi connectivity index (χ0) is 15.9. The minimum absolute atomic E-state index is 0.00612. The van der Waals surface area contributed by atoms with E-state index in [9.17, 15) is 4.79 Å². The number of carbonyl (C=O) groups excluding carboxylic acids is 1. The number of ketones is 1. The fourth-order valence-electron chi connectivity index (χ4n) is 2.01. The first-order valence-electron chi connectivity index (χ1n) is 7.26. The third-order valence-corrected chi connectivity index (χ3v) is 4.19. The van der Waals surface area contributed by atoms with Gasteiger partial charge in [0, 0.05) is 5.56 Å². The number of hydrogen-bond acceptors (Lipinski definition) is 2. The zero-order valence-electron chi connectivity index (χ0n) is 12.4. The summed E-state index contributed by atoms with van der Waals surface area (Å²) in [4.78, 5) is 13.8. The molecule has 0 fully saturated rings. The average molecular weight is 314 g/mol. The molecule has 3 rings (SSSR count). The molecule has 0 amide bonds. The van der Waals surface area contributed by atoms with E-state index in [1.807, 2.05) is 78.9 Å². The molecule has 0 atom stereocenters. The Kier molecular flexibility index (Phi) is 4.83. The molecule has 0 aliphatic carbocycles. The van der Waals surface area contributed by atoms with Gasteiger partial charge in [0.15, 0.2) is 5.78 Å². The predicted molar refractivity (Wildman–Crippen MR) is 96.5 cm³/mol. The minimum atomic E-state index is 0.00612. The highest BCUT2D eigenvalue weighted by Crippen LogP contribution is 2.17. The van der Waals surface area contributed by atoms with Gasteiger partial charge in [-0.05, 0) is 35.9 Å². The predicted octanol–water partition coefficient (Wildman–Crippen LogP) is 5.04. The maximum Gasteiger partial charge on any atom is 0.195 e. The molecule has 0 aliphatic rings. The van der Waals surface area contributed by atoms with Crippen LogP contribution in [0, 0.1) is 11.8 Å². The molecule has 2 aromatic carbocycles. The van der Waals surface area contributed by atoms with Gasteiger partial charge in [-0.25, -0.2) is 0 Å².